The first-order chi connectivity index (χ1) is 14.7. The summed E-state index contributed by atoms with van der Waals surface area (Å²) in [5, 5.41) is 9.40. The largest absolute Gasteiger partial charge is 0.374 e. The fraction of sp³-hybridized carbons (Fsp3) is 0.538. The molecule has 0 radical (unpaired) electrons. The summed E-state index contributed by atoms with van der Waals surface area (Å²) in [7, 11) is 2.04. The van der Waals surface area contributed by atoms with Crippen LogP contribution in [0, 0.1) is 23.0 Å². The lowest BCUT2D eigenvalue weighted by Gasteiger charge is -2.46. The molecule has 0 N–H and O–H groups in total. The third-order valence-electron chi connectivity index (χ3n) is 7.77. The fourth-order valence-corrected chi connectivity index (χ4v) is 5.17. The number of nitriles is 1. The minimum absolute atomic E-state index is 0.358. The molecule has 5 heteroatoms. The van der Waals surface area contributed by atoms with Crippen molar-refractivity contribution in [3.63, 3.8) is 0 Å². The van der Waals surface area contributed by atoms with Crippen molar-refractivity contribution >= 4 is 5.69 Å². The van der Waals surface area contributed by atoms with Crippen LogP contribution in [0.4, 0.5) is 14.5 Å². The number of benzene rings is 1. The van der Waals surface area contributed by atoms with Gasteiger partial charge in [0.25, 0.3) is 0 Å². The van der Waals surface area contributed by atoms with Crippen molar-refractivity contribution in [2.75, 3.05) is 18.5 Å². The van der Waals surface area contributed by atoms with Crippen LogP contribution in [0.5, 0.6) is 0 Å². The first-order valence-corrected chi connectivity index (χ1v) is 11.4. The van der Waals surface area contributed by atoms with Crippen LogP contribution in [-0.4, -0.2) is 13.6 Å². The Balaban J connectivity index is 2.31. The van der Waals surface area contributed by atoms with Crippen LogP contribution < -0.4 is 9.47 Å². The molecule has 2 aromatic rings. The maximum Gasteiger partial charge on any atom is 0.218 e. The Morgan fingerprint density at radius 2 is 1.81 bits per heavy atom. The molecule has 166 valence electrons. The van der Waals surface area contributed by atoms with Gasteiger partial charge in [-0.25, -0.2) is 8.78 Å². The van der Waals surface area contributed by atoms with E-state index in [-0.39, 0.29) is 5.54 Å². The number of anilines is 1. The van der Waals surface area contributed by atoms with E-state index >= 15 is 4.39 Å². The molecule has 2 unspecified atom stereocenters. The van der Waals surface area contributed by atoms with Gasteiger partial charge >= 0.3 is 0 Å². The van der Waals surface area contributed by atoms with E-state index in [1.165, 1.54) is 6.07 Å². The SMILES string of the molecule is CCCCCN(C)c1cc[n+]2c(c1)-c1c(cc(F)c(C#N)c1F)C(C)(CC)C2(C)CC. The summed E-state index contributed by atoms with van der Waals surface area (Å²) < 4.78 is 32.5. The summed E-state index contributed by atoms with van der Waals surface area (Å²) in [5.74, 6) is -1.53. The van der Waals surface area contributed by atoms with Crippen molar-refractivity contribution in [2.45, 2.75) is 77.7 Å². The minimum Gasteiger partial charge on any atom is -0.374 e. The summed E-state index contributed by atoms with van der Waals surface area (Å²) in [6.45, 7) is 11.5. The molecule has 0 bridgehead atoms. The molecule has 2 atom stereocenters. The van der Waals surface area contributed by atoms with Crippen LogP contribution in [0.3, 0.4) is 0 Å². The number of aromatic nitrogens is 1. The standard InChI is InChI=1S/C26H34F2N3/c1-7-10-11-13-30(6)18-12-14-31-22(15-18)23-20(16-21(27)19(17-29)24(23)28)25(4,8-2)26(31,5)9-3/h12,14-16H,7-11,13H2,1-6H3/q+1. The van der Waals surface area contributed by atoms with Crippen molar-refractivity contribution in [1.82, 2.24) is 0 Å². The summed E-state index contributed by atoms with van der Waals surface area (Å²) >= 11 is 0. The molecular formula is C26H34F2N3+. The van der Waals surface area contributed by atoms with Crippen LogP contribution in [0.15, 0.2) is 24.4 Å². The summed E-state index contributed by atoms with van der Waals surface area (Å²) in [6, 6.07) is 7.20. The maximum absolute atomic E-state index is 15.6. The number of hydrogen-bond donors (Lipinski definition) is 0. The van der Waals surface area contributed by atoms with Gasteiger partial charge in [-0.1, -0.05) is 33.6 Å². The number of halogens is 2. The van der Waals surface area contributed by atoms with E-state index in [1.807, 2.05) is 19.3 Å². The predicted molar refractivity (Wildman–Crippen MR) is 121 cm³/mol. The monoisotopic (exact) mass is 426 g/mol. The Hall–Kier alpha value is -2.48. The van der Waals surface area contributed by atoms with Gasteiger partial charge in [0.1, 0.15) is 17.4 Å². The summed E-state index contributed by atoms with van der Waals surface area (Å²) in [4.78, 5) is 2.18. The molecule has 2 heterocycles. The molecule has 31 heavy (non-hydrogen) atoms. The zero-order chi connectivity index (χ0) is 23.0. The Morgan fingerprint density at radius 3 is 2.39 bits per heavy atom. The van der Waals surface area contributed by atoms with Gasteiger partial charge < -0.3 is 4.90 Å². The molecule has 1 aliphatic rings. The average molecular weight is 427 g/mol. The van der Waals surface area contributed by atoms with E-state index in [9.17, 15) is 9.65 Å². The third kappa shape index (κ3) is 3.41. The van der Waals surface area contributed by atoms with E-state index in [4.69, 9.17) is 0 Å². The van der Waals surface area contributed by atoms with Crippen LogP contribution in [-0.2, 0) is 11.0 Å². The highest BCUT2D eigenvalue weighted by atomic mass is 19.1. The Labute approximate surface area is 185 Å². The number of hydrogen-bond acceptors (Lipinski definition) is 2. The molecule has 1 aliphatic heterocycles. The average Bonchev–Trinajstić information content (AvgIpc) is 2.77. The first-order valence-electron chi connectivity index (χ1n) is 11.4. The van der Waals surface area contributed by atoms with Crippen molar-refractivity contribution in [3.05, 3.63) is 47.2 Å². The highest BCUT2D eigenvalue weighted by Crippen LogP contribution is 2.51. The minimum atomic E-state index is -0.779. The number of fused-ring (bicyclic) bond motifs is 3. The molecule has 1 aromatic carbocycles. The van der Waals surface area contributed by atoms with Crippen molar-refractivity contribution in [1.29, 1.82) is 5.26 Å². The Morgan fingerprint density at radius 1 is 1.10 bits per heavy atom. The molecule has 0 amide bonds. The quantitative estimate of drug-likeness (QED) is 0.388. The van der Waals surface area contributed by atoms with E-state index in [0.29, 0.717) is 16.8 Å². The normalized spacial score (nSPS) is 21.9. The van der Waals surface area contributed by atoms with E-state index in [1.54, 1.807) is 6.07 Å². The molecule has 3 rings (SSSR count). The second-order valence-corrected chi connectivity index (χ2v) is 9.16. The second kappa shape index (κ2) is 8.57. The molecule has 3 nitrogen and oxygen atoms in total. The van der Waals surface area contributed by atoms with E-state index < -0.39 is 22.6 Å². The smallest absolute Gasteiger partial charge is 0.218 e. The number of pyridine rings is 1. The van der Waals surface area contributed by atoms with Gasteiger partial charge in [0, 0.05) is 44.8 Å². The van der Waals surface area contributed by atoms with Crippen molar-refractivity contribution in [2.24, 2.45) is 0 Å². The van der Waals surface area contributed by atoms with Gasteiger partial charge in [-0.15, -0.1) is 0 Å². The number of unbranched alkanes of at least 4 members (excludes halogenated alkanes) is 2. The lowest BCUT2D eigenvalue weighted by atomic mass is 9.60. The van der Waals surface area contributed by atoms with Gasteiger partial charge in [0.05, 0.1) is 11.0 Å². The first kappa shape index (κ1) is 23.2. The van der Waals surface area contributed by atoms with Gasteiger partial charge in [-0.2, -0.15) is 9.83 Å². The molecule has 0 saturated carbocycles. The molecule has 1 aromatic heterocycles. The fourth-order valence-electron chi connectivity index (χ4n) is 5.17. The van der Waals surface area contributed by atoms with Crippen molar-refractivity contribution < 1.29 is 13.3 Å². The van der Waals surface area contributed by atoms with Gasteiger partial charge in [-0.05, 0) is 31.4 Å². The van der Waals surface area contributed by atoms with Gasteiger partial charge in [0.15, 0.2) is 17.6 Å². The maximum atomic E-state index is 15.6. The van der Waals surface area contributed by atoms with Crippen molar-refractivity contribution in [3.8, 4) is 17.3 Å². The molecule has 0 aliphatic carbocycles. The third-order valence-corrected chi connectivity index (χ3v) is 7.77. The van der Waals surface area contributed by atoms with Gasteiger partial charge in [-0.3, -0.25) is 0 Å². The van der Waals surface area contributed by atoms with E-state index in [0.717, 1.165) is 44.3 Å². The summed E-state index contributed by atoms with van der Waals surface area (Å²) in [5.41, 5.74) is 1.35. The van der Waals surface area contributed by atoms with Gasteiger partial charge in [0.2, 0.25) is 5.69 Å². The molecular weight excluding hydrogens is 392 g/mol. The van der Waals surface area contributed by atoms with Crippen LogP contribution in [0.2, 0.25) is 0 Å². The molecule has 0 fully saturated rings. The topological polar surface area (TPSA) is 30.9 Å². The molecule has 0 spiro atoms. The lowest BCUT2D eigenvalue weighted by Crippen LogP contribution is -2.67. The highest BCUT2D eigenvalue weighted by molar-refractivity contribution is 5.71. The predicted octanol–water partition coefficient (Wildman–Crippen LogP) is 6.22. The Bertz CT molecular complexity index is 1030. The molecule has 0 saturated heterocycles. The zero-order valence-electron chi connectivity index (χ0n) is 19.6. The number of rotatable bonds is 7. The summed E-state index contributed by atoms with van der Waals surface area (Å²) in [6.07, 6.45) is 6.97. The van der Waals surface area contributed by atoms with Crippen LogP contribution in [0.1, 0.15) is 77.8 Å². The van der Waals surface area contributed by atoms with E-state index in [2.05, 4.69) is 50.2 Å². The van der Waals surface area contributed by atoms with Crippen LogP contribution in [0.25, 0.3) is 11.3 Å². The zero-order valence-corrected chi connectivity index (χ0v) is 19.6. The second-order valence-electron chi connectivity index (χ2n) is 9.16. The highest BCUT2D eigenvalue weighted by Gasteiger charge is 2.57. The Kier molecular flexibility index (Phi) is 6.41. The van der Waals surface area contributed by atoms with Crippen LogP contribution >= 0.6 is 0 Å². The lowest BCUT2D eigenvalue weighted by molar-refractivity contribution is -0.765. The number of nitrogens with zero attached hydrogens (tertiary/aromatic N) is 3.